The molecule has 2 N–H and O–H groups in total. The standard InChI is InChI=1S/C18H20N4O/c1-13-8-9-15(10-14(13)2)22-18(17(11-19)20-21-22)12-23-16-6-4-3-5-7-16/h3-10H,11-12,19H2,1-2H3. The number of rotatable bonds is 5. The Morgan fingerprint density at radius 1 is 1.04 bits per heavy atom. The third kappa shape index (κ3) is 3.24. The summed E-state index contributed by atoms with van der Waals surface area (Å²) in [5.41, 5.74) is 10.8. The molecule has 3 rings (SSSR count). The van der Waals surface area contributed by atoms with Crippen molar-refractivity contribution >= 4 is 0 Å². The average molecular weight is 308 g/mol. The Hall–Kier alpha value is -2.66. The predicted octanol–water partition coefficient (Wildman–Crippen LogP) is 2.92. The molecule has 0 aliphatic carbocycles. The maximum absolute atomic E-state index is 5.85. The summed E-state index contributed by atoms with van der Waals surface area (Å²) in [6.07, 6.45) is 0. The van der Waals surface area contributed by atoms with Gasteiger partial charge >= 0.3 is 0 Å². The molecule has 118 valence electrons. The summed E-state index contributed by atoms with van der Waals surface area (Å²) in [7, 11) is 0. The molecular formula is C18H20N4O. The average Bonchev–Trinajstić information content (AvgIpc) is 2.99. The van der Waals surface area contributed by atoms with E-state index in [-0.39, 0.29) is 0 Å². The molecule has 0 spiro atoms. The van der Waals surface area contributed by atoms with E-state index in [0.717, 1.165) is 22.8 Å². The lowest BCUT2D eigenvalue weighted by atomic mass is 10.1. The summed E-state index contributed by atoms with van der Waals surface area (Å²) in [6, 6.07) is 15.9. The van der Waals surface area contributed by atoms with Gasteiger partial charge in [-0.3, -0.25) is 0 Å². The number of para-hydroxylation sites is 1. The van der Waals surface area contributed by atoms with Crippen LogP contribution in [0, 0.1) is 13.8 Å². The monoisotopic (exact) mass is 308 g/mol. The molecule has 3 aromatic rings. The highest BCUT2D eigenvalue weighted by atomic mass is 16.5. The molecule has 0 bridgehead atoms. The van der Waals surface area contributed by atoms with E-state index in [1.807, 2.05) is 36.4 Å². The van der Waals surface area contributed by atoms with Gasteiger partial charge in [-0.2, -0.15) is 0 Å². The normalized spacial score (nSPS) is 10.7. The van der Waals surface area contributed by atoms with E-state index in [0.29, 0.717) is 13.2 Å². The number of aryl methyl sites for hydroxylation is 2. The summed E-state index contributed by atoms with van der Waals surface area (Å²) >= 11 is 0. The number of ether oxygens (including phenoxy) is 1. The molecular weight excluding hydrogens is 288 g/mol. The maximum atomic E-state index is 5.85. The molecule has 0 amide bonds. The van der Waals surface area contributed by atoms with Crippen LogP contribution in [0.2, 0.25) is 0 Å². The maximum Gasteiger partial charge on any atom is 0.132 e. The van der Waals surface area contributed by atoms with Gasteiger partial charge in [0.2, 0.25) is 0 Å². The summed E-state index contributed by atoms with van der Waals surface area (Å²) in [5, 5.41) is 8.43. The Morgan fingerprint density at radius 3 is 2.52 bits per heavy atom. The minimum atomic E-state index is 0.332. The fourth-order valence-corrected chi connectivity index (χ4v) is 2.37. The zero-order chi connectivity index (χ0) is 16.2. The van der Waals surface area contributed by atoms with Crippen LogP contribution in [-0.4, -0.2) is 15.0 Å². The van der Waals surface area contributed by atoms with Gasteiger partial charge in [0.15, 0.2) is 0 Å². The van der Waals surface area contributed by atoms with E-state index < -0.39 is 0 Å². The first-order valence-corrected chi connectivity index (χ1v) is 7.58. The third-order valence-corrected chi connectivity index (χ3v) is 3.89. The van der Waals surface area contributed by atoms with Crippen molar-refractivity contribution < 1.29 is 4.74 Å². The van der Waals surface area contributed by atoms with Gasteiger partial charge in [-0.05, 0) is 49.2 Å². The second-order valence-electron chi connectivity index (χ2n) is 5.47. The van der Waals surface area contributed by atoms with E-state index >= 15 is 0 Å². The van der Waals surface area contributed by atoms with Crippen LogP contribution in [0.15, 0.2) is 48.5 Å². The topological polar surface area (TPSA) is 66.0 Å². The van der Waals surface area contributed by atoms with Gasteiger partial charge in [0.1, 0.15) is 23.7 Å². The highest BCUT2D eigenvalue weighted by molar-refractivity contribution is 5.40. The van der Waals surface area contributed by atoms with Crippen LogP contribution in [0.25, 0.3) is 5.69 Å². The Labute approximate surface area is 135 Å². The van der Waals surface area contributed by atoms with Crippen molar-refractivity contribution in [1.82, 2.24) is 15.0 Å². The lowest BCUT2D eigenvalue weighted by Crippen LogP contribution is -2.09. The van der Waals surface area contributed by atoms with Crippen LogP contribution in [0.3, 0.4) is 0 Å². The molecule has 2 aromatic carbocycles. The van der Waals surface area contributed by atoms with Crippen molar-refractivity contribution in [2.75, 3.05) is 0 Å². The zero-order valence-corrected chi connectivity index (χ0v) is 13.4. The molecule has 0 unspecified atom stereocenters. The predicted molar refractivity (Wildman–Crippen MR) is 89.5 cm³/mol. The number of nitrogens with two attached hydrogens (primary N) is 1. The number of aromatic nitrogens is 3. The van der Waals surface area contributed by atoms with Crippen LogP contribution in [0.1, 0.15) is 22.5 Å². The zero-order valence-electron chi connectivity index (χ0n) is 13.4. The van der Waals surface area contributed by atoms with Crippen molar-refractivity contribution in [3.63, 3.8) is 0 Å². The van der Waals surface area contributed by atoms with E-state index in [9.17, 15) is 0 Å². The number of hydrogen-bond donors (Lipinski definition) is 1. The van der Waals surface area contributed by atoms with Gasteiger partial charge in [-0.15, -0.1) is 5.10 Å². The molecule has 0 atom stereocenters. The summed E-state index contributed by atoms with van der Waals surface area (Å²) in [6.45, 7) is 4.87. The van der Waals surface area contributed by atoms with Crippen LogP contribution in [0.4, 0.5) is 0 Å². The number of benzene rings is 2. The molecule has 0 aliphatic heterocycles. The van der Waals surface area contributed by atoms with Gasteiger partial charge in [-0.1, -0.05) is 29.5 Å². The Morgan fingerprint density at radius 2 is 1.83 bits per heavy atom. The smallest absolute Gasteiger partial charge is 0.132 e. The van der Waals surface area contributed by atoms with Gasteiger partial charge < -0.3 is 10.5 Å². The number of hydrogen-bond acceptors (Lipinski definition) is 4. The fraction of sp³-hybridized carbons (Fsp3) is 0.222. The molecule has 5 heteroatoms. The van der Waals surface area contributed by atoms with Crippen LogP contribution < -0.4 is 10.5 Å². The Kier molecular flexibility index (Phi) is 4.39. The van der Waals surface area contributed by atoms with E-state index in [4.69, 9.17) is 10.5 Å². The molecule has 1 heterocycles. The lowest BCUT2D eigenvalue weighted by molar-refractivity contribution is 0.296. The third-order valence-electron chi connectivity index (χ3n) is 3.89. The van der Waals surface area contributed by atoms with Crippen molar-refractivity contribution in [1.29, 1.82) is 0 Å². The second kappa shape index (κ2) is 6.62. The lowest BCUT2D eigenvalue weighted by Gasteiger charge is -2.11. The van der Waals surface area contributed by atoms with Crippen molar-refractivity contribution in [2.45, 2.75) is 27.0 Å². The summed E-state index contributed by atoms with van der Waals surface area (Å²) in [4.78, 5) is 0. The Balaban J connectivity index is 1.92. The van der Waals surface area contributed by atoms with Gasteiger partial charge in [0.25, 0.3) is 0 Å². The second-order valence-corrected chi connectivity index (χ2v) is 5.47. The summed E-state index contributed by atoms with van der Waals surface area (Å²) in [5.74, 6) is 0.809. The quantitative estimate of drug-likeness (QED) is 0.787. The first-order chi connectivity index (χ1) is 11.2. The van der Waals surface area contributed by atoms with E-state index in [2.05, 4.69) is 36.3 Å². The molecule has 1 aromatic heterocycles. The SMILES string of the molecule is Cc1ccc(-n2nnc(CN)c2COc2ccccc2)cc1C. The molecule has 0 fully saturated rings. The first kappa shape index (κ1) is 15.2. The minimum absolute atomic E-state index is 0.332. The number of nitrogens with zero attached hydrogens (tertiary/aromatic N) is 3. The highest BCUT2D eigenvalue weighted by Gasteiger charge is 2.14. The summed E-state index contributed by atoms with van der Waals surface area (Å²) < 4.78 is 7.66. The Bertz CT molecular complexity index is 796. The largest absolute Gasteiger partial charge is 0.487 e. The van der Waals surface area contributed by atoms with Crippen LogP contribution in [-0.2, 0) is 13.2 Å². The molecule has 0 radical (unpaired) electrons. The molecule has 0 saturated carbocycles. The first-order valence-electron chi connectivity index (χ1n) is 7.58. The molecule has 5 nitrogen and oxygen atoms in total. The van der Waals surface area contributed by atoms with Crippen LogP contribution >= 0.6 is 0 Å². The van der Waals surface area contributed by atoms with Crippen LogP contribution in [0.5, 0.6) is 5.75 Å². The fourth-order valence-electron chi connectivity index (χ4n) is 2.37. The van der Waals surface area contributed by atoms with E-state index in [1.165, 1.54) is 11.1 Å². The van der Waals surface area contributed by atoms with Gasteiger partial charge in [0.05, 0.1) is 5.69 Å². The van der Waals surface area contributed by atoms with Gasteiger partial charge in [-0.25, -0.2) is 4.68 Å². The van der Waals surface area contributed by atoms with Crippen molar-refractivity contribution in [2.24, 2.45) is 5.73 Å². The highest BCUT2D eigenvalue weighted by Crippen LogP contribution is 2.19. The van der Waals surface area contributed by atoms with E-state index in [1.54, 1.807) is 4.68 Å². The molecule has 0 aliphatic rings. The van der Waals surface area contributed by atoms with Crippen molar-refractivity contribution in [3.05, 3.63) is 71.0 Å². The van der Waals surface area contributed by atoms with Gasteiger partial charge in [0, 0.05) is 6.54 Å². The van der Waals surface area contributed by atoms with Crippen molar-refractivity contribution in [3.8, 4) is 11.4 Å². The molecule has 23 heavy (non-hydrogen) atoms. The minimum Gasteiger partial charge on any atom is -0.487 e. The molecule has 0 saturated heterocycles.